The molecule has 90 valence electrons. The van der Waals surface area contributed by atoms with E-state index in [1.807, 2.05) is 18.2 Å². The van der Waals surface area contributed by atoms with Crippen molar-refractivity contribution in [3.05, 3.63) is 36.5 Å². The third kappa shape index (κ3) is 1.68. The molecule has 0 amide bonds. The minimum atomic E-state index is 0.360. The lowest BCUT2D eigenvalue weighted by molar-refractivity contribution is 0.524. The molecule has 0 saturated carbocycles. The van der Waals surface area contributed by atoms with Crippen molar-refractivity contribution in [3.63, 3.8) is 0 Å². The Hall–Kier alpha value is -2.47. The van der Waals surface area contributed by atoms with Crippen LogP contribution in [-0.4, -0.2) is 15.0 Å². The van der Waals surface area contributed by atoms with Gasteiger partial charge in [-0.1, -0.05) is 0 Å². The summed E-state index contributed by atoms with van der Waals surface area (Å²) in [5, 5.41) is 0.758. The molecule has 0 radical (unpaired) electrons. The van der Waals surface area contributed by atoms with E-state index in [4.69, 9.17) is 15.9 Å². The summed E-state index contributed by atoms with van der Waals surface area (Å²) in [6.45, 7) is 0.360. The topological polar surface area (TPSA) is 104 Å². The van der Waals surface area contributed by atoms with Crippen LogP contribution in [0.3, 0.4) is 0 Å². The van der Waals surface area contributed by atoms with Gasteiger partial charge in [-0.25, -0.2) is 9.97 Å². The fourth-order valence-electron chi connectivity index (χ4n) is 1.74. The molecule has 3 heterocycles. The molecule has 6 heteroatoms. The first kappa shape index (κ1) is 10.7. The molecular weight excluding hydrogens is 230 g/mol. The van der Waals surface area contributed by atoms with Gasteiger partial charge >= 0.3 is 0 Å². The van der Waals surface area contributed by atoms with Crippen molar-refractivity contribution < 1.29 is 4.42 Å². The number of nitrogens with two attached hydrogens (primary N) is 2. The predicted molar refractivity (Wildman–Crippen MR) is 67.3 cm³/mol. The van der Waals surface area contributed by atoms with Crippen LogP contribution in [0.5, 0.6) is 0 Å². The number of hydrogen-bond acceptors (Lipinski definition) is 6. The first-order chi connectivity index (χ1) is 8.78. The molecule has 0 bridgehead atoms. The summed E-state index contributed by atoms with van der Waals surface area (Å²) < 4.78 is 5.54. The summed E-state index contributed by atoms with van der Waals surface area (Å²) in [4.78, 5) is 12.3. The SMILES string of the molecule is NCc1ccc(-c2cc3c(N)ncnc3cn2)o1. The number of rotatable bonds is 2. The fourth-order valence-corrected chi connectivity index (χ4v) is 1.74. The Morgan fingerprint density at radius 1 is 1.17 bits per heavy atom. The maximum Gasteiger partial charge on any atom is 0.152 e. The molecule has 0 aromatic carbocycles. The van der Waals surface area contributed by atoms with Crippen LogP contribution in [-0.2, 0) is 6.54 Å². The van der Waals surface area contributed by atoms with Crippen molar-refractivity contribution in [1.29, 1.82) is 0 Å². The smallest absolute Gasteiger partial charge is 0.152 e. The summed E-state index contributed by atoms with van der Waals surface area (Å²) in [5.74, 6) is 1.79. The number of nitrogen functional groups attached to an aromatic ring is 1. The van der Waals surface area contributed by atoms with Gasteiger partial charge in [0.1, 0.15) is 23.6 Å². The van der Waals surface area contributed by atoms with Crippen molar-refractivity contribution in [2.24, 2.45) is 5.73 Å². The molecule has 3 aromatic heterocycles. The maximum absolute atomic E-state index is 5.81. The minimum Gasteiger partial charge on any atom is -0.458 e. The van der Waals surface area contributed by atoms with Crippen molar-refractivity contribution in [2.75, 3.05) is 5.73 Å². The number of fused-ring (bicyclic) bond motifs is 1. The van der Waals surface area contributed by atoms with Gasteiger partial charge in [-0.3, -0.25) is 4.98 Å². The summed E-state index contributed by atoms with van der Waals surface area (Å²) in [6, 6.07) is 5.46. The van der Waals surface area contributed by atoms with Crippen LogP contribution in [0.25, 0.3) is 22.4 Å². The first-order valence-electron chi connectivity index (χ1n) is 5.43. The van der Waals surface area contributed by atoms with E-state index >= 15 is 0 Å². The molecule has 18 heavy (non-hydrogen) atoms. The number of hydrogen-bond donors (Lipinski definition) is 2. The molecule has 0 fully saturated rings. The molecule has 0 aliphatic heterocycles. The highest BCUT2D eigenvalue weighted by Gasteiger charge is 2.08. The van der Waals surface area contributed by atoms with Crippen molar-refractivity contribution in [3.8, 4) is 11.5 Å². The first-order valence-corrected chi connectivity index (χ1v) is 5.43. The second kappa shape index (κ2) is 4.08. The third-order valence-corrected chi connectivity index (χ3v) is 2.67. The highest BCUT2D eigenvalue weighted by Crippen LogP contribution is 2.24. The van der Waals surface area contributed by atoms with Crippen molar-refractivity contribution in [2.45, 2.75) is 6.54 Å². The molecule has 0 unspecified atom stereocenters. The van der Waals surface area contributed by atoms with Crippen LogP contribution in [0.4, 0.5) is 5.82 Å². The summed E-state index contributed by atoms with van der Waals surface area (Å²) in [6.07, 6.45) is 3.06. The fraction of sp³-hybridized carbons (Fsp3) is 0.0833. The summed E-state index contributed by atoms with van der Waals surface area (Å²) >= 11 is 0. The predicted octanol–water partition coefficient (Wildman–Crippen LogP) is 1.33. The van der Waals surface area contributed by atoms with Crippen LogP contribution in [0, 0.1) is 0 Å². The van der Waals surface area contributed by atoms with E-state index in [0.29, 0.717) is 35.1 Å². The van der Waals surface area contributed by atoms with Crippen LogP contribution in [0.15, 0.2) is 35.1 Å². The van der Waals surface area contributed by atoms with Crippen molar-refractivity contribution in [1.82, 2.24) is 15.0 Å². The standard InChI is InChI=1S/C12H11N5O/c13-4-7-1-2-11(18-7)9-3-8-10(5-15-9)16-6-17-12(8)14/h1-3,5-6H,4,13H2,(H2,14,16,17). The molecule has 6 nitrogen and oxygen atoms in total. The zero-order valence-electron chi connectivity index (χ0n) is 9.50. The maximum atomic E-state index is 5.81. The Kier molecular flexibility index (Phi) is 2.42. The largest absolute Gasteiger partial charge is 0.458 e. The third-order valence-electron chi connectivity index (χ3n) is 2.67. The highest BCUT2D eigenvalue weighted by molar-refractivity contribution is 5.89. The second-order valence-electron chi connectivity index (χ2n) is 3.82. The lowest BCUT2D eigenvalue weighted by atomic mass is 10.2. The zero-order chi connectivity index (χ0) is 12.5. The minimum absolute atomic E-state index is 0.360. The van der Waals surface area contributed by atoms with E-state index in [0.717, 1.165) is 5.39 Å². The van der Waals surface area contributed by atoms with Gasteiger partial charge in [0.25, 0.3) is 0 Å². The Labute approximate surface area is 103 Å². The molecular formula is C12H11N5O. The van der Waals surface area contributed by atoms with E-state index in [1.54, 1.807) is 6.20 Å². The van der Waals surface area contributed by atoms with Crippen LogP contribution < -0.4 is 11.5 Å². The lowest BCUT2D eigenvalue weighted by Crippen LogP contribution is -1.94. The van der Waals surface area contributed by atoms with E-state index < -0.39 is 0 Å². The second-order valence-corrected chi connectivity index (χ2v) is 3.82. The van der Waals surface area contributed by atoms with Crippen molar-refractivity contribution >= 4 is 16.7 Å². The highest BCUT2D eigenvalue weighted by atomic mass is 16.3. The zero-order valence-corrected chi connectivity index (χ0v) is 9.50. The Bertz CT molecular complexity index is 707. The molecule has 0 spiro atoms. The molecule has 3 aromatic rings. The number of furan rings is 1. The summed E-state index contributed by atoms with van der Waals surface area (Å²) in [5.41, 5.74) is 12.7. The van der Waals surface area contributed by atoms with Gasteiger partial charge in [-0.15, -0.1) is 0 Å². The van der Waals surface area contributed by atoms with E-state index in [1.165, 1.54) is 6.33 Å². The van der Waals surface area contributed by atoms with Gasteiger partial charge in [-0.05, 0) is 18.2 Å². The van der Waals surface area contributed by atoms with E-state index in [2.05, 4.69) is 15.0 Å². The number of nitrogens with zero attached hydrogens (tertiary/aromatic N) is 3. The van der Waals surface area contributed by atoms with Gasteiger partial charge in [-0.2, -0.15) is 0 Å². The van der Waals surface area contributed by atoms with Gasteiger partial charge in [0.15, 0.2) is 5.76 Å². The van der Waals surface area contributed by atoms with E-state index in [-0.39, 0.29) is 0 Å². The molecule has 0 aliphatic carbocycles. The van der Waals surface area contributed by atoms with Crippen LogP contribution in [0.2, 0.25) is 0 Å². The number of aromatic nitrogens is 3. The molecule has 3 rings (SSSR count). The summed E-state index contributed by atoms with van der Waals surface area (Å²) in [7, 11) is 0. The average Bonchev–Trinajstić information content (AvgIpc) is 2.88. The monoisotopic (exact) mass is 241 g/mol. The Balaban J connectivity index is 2.15. The molecule has 4 N–H and O–H groups in total. The quantitative estimate of drug-likeness (QED) is 0.701. The van der Waals surface area contributed by atoms with E-state index in [9.17, 15) is 0 Å². The van der Waals surface area contributed by atoms with Crippen LogP contribution in [0.1, 0.15) is 5.76 Å². The normalized spacial score (nSPS) is 10.9. The average molecular weight is 241 g/mol. The molecule has 0 atom stereocenters. The Morgan fingerprint density at radius 2 is 2.06 bits per heavy atom. The number of pyridine rings is 1. The Morgan fingerprint density at radius 3 is 2.83 bits per heavy atom. The van der Waals surface area contributed by atoms with Gasteiger partial charge < -0.3 is 15.9 Å². The van der Waals surface area contributed by atoms with Gasteiger partial charge in [0.2, 0.25) is 0 Å². The lowest BCUT2D eigenvalue weighted by Gasteiger charge is -2.01. The molecule has 0 aliphatic rings. The van der Waals surface area contributed by atoms with Crippen LogP contribution >= 0.6 is 0 Å². The number of anilines is 1. The molecule has 0 saturated heterocycles. The van der Waals surface area contributed by atoms with Gasteiger partial charge in [0.05, 0.1) is 18.3 Å². The van der Waals surface area contributed by atoms with Gasteiger partial charge in [0, 0.05) is 5.39 Å².